The van der Waals surface area contributed by atoms with Crippen molar-refractivity contribution in [3.8, 4) is 0 Å². The standard InChI is InChI=1S/C21H23N3O3S/c1-2-3-12-27-20(25)13-22-21(26)16-7-9-18(10-8-16)28-15-17-14-24-11-5-4-6-19(24)23-17/h4-11,14H,2-3,12-13,15H2,1H3,(H,22,26). The van der Waals surface area contributed by atoms with Crippen LogP contribution in [0.5, 0.6) is 0 Å². The Labute approximate surface area is 168 Å². The summed E-state index contributed by atoms with van der Waals surface area (Å²) >= 11 is 1.66. The molecular formula is C21H23N3O3S. The lowest BCUT2D eigenvalue weighted by molar-refractivity contribution is -0.142. The smallest absolute Gasteiger partial charge is 0.325 e. The topological polar surface area (TPSA) is 72.7 Å². The van der Waals surface area contributed by atoms with Gasteiger partial charge in [-0.2, -0.15) is 0 Å². The maximum Gasteiger partial charge on any atom is 0.325 e. The number of benzene rings is 1. The number of rotatable bonds is 9. The van der Waals surface area contributed by atoms with E-state index < -0.39 is 5.97 Å². The molecule has 2 aromatic heterocycles. The quantitative estimate of drug-likeness (QED) is 0.339. The number of nitrogens with zero attached hydrogens (tertiary/aromatic N) is 2. The first-order chi connectivity index (χ1) is 13.7. The number of amides is 1. The second kappa shape index (κ2) is 9.94. The molecule has 1 aromatic carbocycles. The van der Waals surface area contributed by atoms with Gasteiger partial charge in [-0.05, 0) is 42.8 Å². The van der Waals surface area contributed by atoms with Crippen LogP contribution in [0.4, 0.5) is 0 Å². The summed E-state index contributed by atoms with van der Waals surface area (Å²) in [6.45, 7) is 2.30. The average molecular weight is 398 g/mol. The van der Waals surface area contributed by atoms with Gasteiger partial charge in [0.05, 0.1) is 12.3 Å². The first kappa shape index (κ1) is 19.9. The highest BCUT2D eigenvalue weighted by molar-refractivity contribution is 7.98. The van der Waals surface area contributed by atoms with Crippen molar-refractivity contribution in [3.63, 3.8) is 0 Å². The third-order valence-electron chi connectivity index (χ3n) is 4.07. The van der Waals surface area contributed by atoms with Crippen LogP contribution in [-0.2, 0) is 15.3 Å². The average Bonchev–Trinajstić information content (AvgIpc) is 3.14. The van der Waals surface area contributed by atoms with Crippen LogP contribution >= 0.6 is 11.8 Å². The van der Waals surface area contributed by atoms with Crippen LogP contribution in [0.15, 0.2) is 59.8 Å². The van der Waals surface area contributed by atoms with Gasteiger partial charge >= 0.3 is 5.97 Å². The molecule has 7 heteroatoms. The number of unbranched alkanes of at least 4 members (excludes halogenated alkanes) is 1. The van der Waals surface area contributed by atoms with E-state index in [2.05, 4.69) is 10.3 Å². The van der Waals surface area contributed by atoms with Crippen molar-refractivity contribution in [3.05, 3.63) is 66.1 Å². The number of imidazole rings is 1. The maximum absolute atomic E-state index is 12.1. The molecule has 1 amide bonds. The summed E-state index contributed by atoms with van der Waals surface area (Å²) in [6, 6.07) is 13.2. The monoisotopic (exact) mass is 397 g/mol. The molecule has 1 N–H and O–H groups in total. The number of nitrogens with one attached hydrogen (secondary N) is 1. The number of carbonyl (C=O) groups excluding carboxylic acids is 2. The zero-order chi connectivity index (χ0) is 19.8. The van der Waals surface area contributed by atoms with Crippen molar-refractivity contribution in [2.24, 2.45) is 0 Å². The van der Waals surface area contributed by atoms with E-state index in [1.807, 2.05) is 54.0 Å². The number of esters is 1. The van der Waals surface area contributed by atoms with Gasteiger partial charge in [-0.3, -0.25) is 9.59 Å². The zero-order valence-corrected chi connectivity index (χ0v) is 16.6. The SMILES string of the molecule is CCCCOC(=O)CNC(=O)c1ccc(SCc2cn3ccccc3n2)cc1. The van der Waals surface area contributed by atoms with E-state index in [0.717, 1.165) is 34.8 Å². The third kappa shape index (κ3) is 5.60. The van der Waals surface area contributed by atoms with Gasteiger partial charge in [-0.15, -0.1) is 11.8 Å². The summed E-state index contributed by atoms with van der Waals surface area (Å²) in [5.41, 5.74) is 2.44. The molecule has 0 aliphatic carbocycles. The first-order valence-corrected chi connectivity index (χ1v) is 10.2. The number of hydrogen-bond acceptors (Lipinski definition) is 5. The van der Waals surface area contributed by atoms with Gasteiger partial charge in [0.2, 0.25) is 0 Å². The Morgan fingerprint density at radius 2 is 2.00 bits per heavy atom. The predicted octanol–water partition coefficient (Wildman–Crippen LogP) is 3.70. The Hall–Kier alpha value is -2.80. The Morgan fingerprint density at radius 3 is 2.75 bits per heavy atom. The van der Waals surface area contributed by atoms with Gasteiger partial charge in [0.1, 0.15) is 12.2 Å². The largest absolute Gasteiger partial charge is 0.464 e. The summed E-state index contributed by atoms with van der Waals surface area (Å²) in [5.74, 6) is 0.0439. The summed E-state index contributed by atoms with van der Waals surface area (Å²) in [6.07, 6.45) is 5.78. The van der Waals surface area contributed by atoms with E-state index in [1.54, 1.807) is 23.9 Å². The molecule has 3 aromatic rings. The third-order valence-corrected chi connectivity index (χ3v) is 5.12. The molecule has 28 heavy (non-hydrogen) atoms. The van der Waals surface area contributed by atoms with Gasteiger partial charge in [-0.25, -0.2) is 4.98 Å². The van der Waals surface area contributed by atoms with Crippen LogP contribution < -0.4 is 5.32 Å². The van der Waals surface area contributed by atoms with E-state index in [-0.39, 0.29) is 12.5 Å². The van der Waals surface area contributed by atoms with Crippen LogP contribution in [0.25, 0.3) is 5.65 Å². The number of thioether (sulfide) groups is 1. The molecule has 2 heterocycles. The molecule has 0 saturated heterocycles. The molecule has 0 aliphatic rings. The summed E-state index contributed by atoms with van der Waals surface area (Å²) in [4.78, 5) is 29.3. The summed E-state index contributed by atoms with van der Waals surface area (Å²) < 4.78 is 7.02. The van der Waals surface area contributed by atoms with Crippen molar-refractivity contribution in [2.45, 2.75) is 30.4 Å². The highest BCUT2D eigenvalue weighted by Gasteiger charge is 2.09. The fraction of sp³-hybridized carbons (Fsp3) is 0.286. The summed E-state index contributed by atoms with van der Waals surface area (Å²) in [7, 11) is 0. The van der Waals surface area contributed by atoms with Gasteiger partial charge in [-0.1, -0.05) is 19.4 Å². The molecule has 3 rings (SSSR count). The lowest BCUT2D eigenvalue weighted by atomic mass is 10.2. The van der Waals surface area contributed by atoms with Crippen molar-refractivity contribution < 1.29 is 14.3 Å². The van der Waals surface area contributed by atoms with Crippen molar-refractivity contribution in [1.29, 1.82) is 0 Å². The van der Waals surface area contributed by atoms with Crippen LogP contribution in [0.3, 0.4) is 0 Å². The van der Waals surface area contributed by atoms with Crippen LogP contribution in [0.2, 0.25) is 0 Å². The molecule has 6 nitrogen and oxygen atoms in total. The van der Waals surface area contributed by atoms with Crippen LogP contribution in [-0.4, -0.2) is 34.4 Å². The highest BCUT2D eigenvalue weighted by atomic mass is 32.2. The fourth-order valence-electron chi connectivity index (χ4n) is 2.55. The maximum atomic E-state index is 12.1. The zero-order valence-electron chi connectivity index (χ0n) is 15.8. The number of aromatic nitrogens is 2. The second-order valence-electron chi connectivity index (χ2n) is 6.27. The molecule has 0 unspecified atom stereocenters. The highest BCUT2D eigenvalue weighted by Crippen LogP contribution is 2.23. The number of hydrogen-bond donors (Lipinski definition) is 1. The van der Waals surface area contributed by atoms with E-state index in [4.69, 9.17) is 4.74 Å². The molecule has 0 fully saturated rings. The Balaban J connectivity index is 1.47. The molecule has 146 valence electrons. The number of ether oxygens (including phenoxy) is 1. The normalized spacial score (nSPS) is 10.8. The Kier molecular flexibility index (Phi) is 7.08. The van der Waals surface area contributed by atoms with Gasteiger partial charge < -0.3 is 14.5 Å². The van der Waals surface area contributed by atoms with E-state index >= 15 is 0 Å². The van der Waals surface area contributed by atoms with E-state index in [1.165, 1.54) is 0 Å². The Bertz CT molecular complexity index is 904. The predicted molar refractivity (Wildman–Crippen MR) is 109 cm³/mol. The molecule has 0 bridgehead atoms. The minimum Gasteiger partial charge on any atom is -0.464 e. The molecule has 0 spiro atoms. The molecule has 0 aliphatic heterocycles. The molecule has 0 saturated carbocycles. The molecular weight excluding hydrogens is 374 g/mol. The lowest BCUT2D eigenvalue weighted by Crippen LogP contribution is -2.30. The van der Waals surface area contributed by atoms with E-state index in [0.29, 0.717) is 12.2 Å². The van der Waals surface area contributed by atoms with Crippen molar-refractivity contribution >= 4 is 29.3 Å². The van der Waals surface area contributed by atoms with Gasteiger partial charge in [0.15, 0.2) is 0 Å². The summed E-state index contributed by atoms with van der Waals surface area (Å²) in [5, 5.41) is 2.58. The lowest BCUT2D eigenvalue weighted by Gasteiger charge is -2.07. The van der Waals surface area contributed by atoms with Crippen LogP contribution in [0, 0.1) is 0 Å². The molecule has 0 radical (unpaired) electrons. The first-order valence-electron chi connectivity index (χ1n) is 9.25. The van der Waals surface area contributed by atoms with E-state index in [9.17, 15) is 9.59 Å². The second-order valence-corrected chi connectivity index (χ2v) is 7.32. The van der Waals surface area contributed by atoms with Gasteiger partial charge in [0.25, 0.3) is 5.91 Å². The number of pyridine rings is 1. The Morgan fingerprint density at radius 1 is 1.18 bits per heavy atom. The number of carbonyl (C=O) groups is 2. The van der Waals surface area contributed by atoms with Gasteiger partial charge in [0, 0.05) is 28.6 Å². The minimum atomic E-state index is -0.415. The number of fused-ring (bicyclic) bond motifs is 1. The van der Waals surface area contributed by atoms with Crippen LogP contribution in [0.1, 0.15) is 35.8 Å². The minimum absolute atomic E-state index is 0.118. The van der Waals surface area contributed by atoms with Crippen molar-refractivity contribution in [2.75, 3.05) is 13.2 Å². The molecule has 0 atom stereocenters. The van der Waals surface area contributed by atoms with Crippen molar-refractivity contribution in [1.82, 2.24) is 14.7 Å². The fourth-order valence-corrected chi connectivity index (χ4v) is 3.33.